The number of nitrogens with zero attached hydrogens (tertiary/aromatic N) is 2. The number of amides is 2. The Morgan fingerprint density at radius 2 is 0.977 bits per heavy atom. The standard InChI is InChI=1S/C30H24N2O10S/c33-21(13-31-9-1-3-23(31)35)25-27(37)17-7-5-15(11-19(17)29(25)39)43(41,42)16-6-8-18-20(12-16)30(40)26(28(18)38)22(34)14-32-10-2-4-24(32)36/h5-8,11-12,25-26H,1-4,9-10,13-14H2. The topological polar surface area (TPSA) is 177 Å². The van der Waals surface area contributed by atoms with Crippen LogP contribution in [-0.4, -0.2) is 90.9 Å². The maximum Gasteiger partial charge on any atom is 0.223 e. The van der Waals surface area contributed by atoms with E-state index in [9.17, 15) is 46.8 Å². The summed E-state index contributed by atoms with van der Waals surface area (Å²) >= 11 is 0. The highest BCUT2D eigenvalue weighted by atomic mass is 32.2. The Labute approximate surface area is 244 Å². The number of benzene rings is 2. The van der Waals surface area contributed by atoms with E-state index in [1.165, 1.54) is 9.80 Å². The first-order valence-electron chi connectivity index (χ1n) is 13.7. The van der Waals surface area contributed by atoms with E-state index in [2.05, 4.69) is 0 Å². The monoisotopic (exact) mass is 604 g/mol. The molecule has 12 nitrogen and oxygen atoms in total. The average Bonchev–Trinajstić information content (AvgIpc) is 3.70. The Kier molecular flexibility index (Phi) is 6.79. The minimum atomic E-state index is -4.39. The highest BCUT2D eigenvalue weighted by Crippen LogP contribution is 2.35. The van der Waals surface area contributed by atoms with Crippen molar-refractivity contribution in [2.75, 3.05) is 26.2 Å². The zero-order chi connectivity index (χ0) is 30.8. The van der Waals surface area contributed by atoms with E-state index in [4.69, 9.17) is 0 Å². The van der Waals surface area contributed by atoms with Gasteiger partial charge in [-0.25, -0.2) is 8.42 Å². The van der Waals surface area contributed by atoms with Crippen LogP contribution in [0.15, 0.2) is 46.2 Å². The van der Waals surface area contributed by atoms with Crippen LogP contribution in [0.4, 0.5) is 0 Å². The quantitative estimate of drug-likeness (QED) is 0.393. The van der Waals surface area contributed by atoms with Gasteiger partial charge in [0.25, 0.3) is 0 Å². The molecule has 2 heterocycles. The Bertz CT molecular complexity index is 1700. The Balaban J connectivity index is 1.25. The second-order valence-electron chi connectivity index (χ2n) is 11.0. The third-order valence-corrected chi connectivity index (χ3v) is 10.1. The summed E-state index contributed by atoms with van der Waals surface area (Å²) in [5.41, 5.74) is -0.705. The Morgan fingerprint density at radius 1 is 0.605 bits per heavy atom. The molecule has 2 aliphatic carbocycles. The molecule has 2 atom stereocenters. The second-order valence-corrected chi connectivity index (χ2v) is 13.0. The summed E-state index contributed by atoms with van der Waals surface area (Å²) < 4.78 is 27.1. The van der Waals surface area contributed by atoms with E-state index in [-0.39, 0.29) is 69.8 Å². The van der Waals surface area contributed by atoms with E-state index in [1.54, 1.807) is 0 Å². The van der Waals surface area contributed by atoms with Crippen LogP contribution < -0.4 is 0 Å². The van der Waals surface area contributed by atoms with Crippen molar-refractivity contribution in [1.29, 1.82) is 0 Å². The van der Waals surface area contributed by atoms with Gasteiger partial charge in [0, 0.05) is 48.2 Å². The largest absolute Gasteiger partial charge is 0.335 e. The highest BCUT2D eigenvalue weighted by Gasteiger charge is 2.46. The van der Waals surface area contributed by atoms with E-state index in [0.29, 0.717) is 25.9 Å². The lowest BCUT2D eigenvalue weighted by Crippen LogP contribution is -2.37. The average molecular weight is 605 g/mol. The number of fused-ring (bicyclic) bond motifs is 2. The van der Waals surface area contributed by atoms with Gasteiger partial charge >= 0.3 is 0 Å². The molecule has 0 N–H and O–H groups in total. The summed E-state index contributed by atoms with van der Waals surface area (Å²) in [6, 6.07) is 6.50. The normalized spacial score (nSPS) is 21.7. The molecule has 2 amide bonds. The first-order valence-corrected chi connectivity index (χ1v) is 15.2. The van der Waals surface area contributed by atoms with Gasteiger partial charge in [-0.15, -0.1) is 0 Å². The molecule has 0 bridgehead atoms. The maximum absolute atomic E-state index is 13.6. The summed E-state index contributed by atoms with van der Waals surface area (Å²) in [5.74, 6) is -8.58. The smallest absolute Gasteiger partial charge is 0.223 e. The molecule has 43 heavy (non-hydrogen) atoms. The van der Waals surface area contributed by atoms with Gasteiger partial charge in [0.15, 0.2) is 34.7 Å². The van der Waals surface area contributed by atoms with Crippen LogP contribution >= 0.6 is 0 Å². The van der Waals surface area contributed by atoms with Crippen molar-refractivity contribution in [1.82, 2.24) is 9.80 Å². The molecule has 0 spiro atoms. The van der Waals surface area contributed by atoms with Gasteiger partial charge < -0.3 is 9.80 Å². The molecule has 2 unspecified atom stereocenters. The van der Waals surface area contributed by atoms with Crippen molar-refractivity contribution in [2.24, 2.45) is 11.8 Å². The molecule has 2 aromatic rings. The summed E-state index contributed by atoms with van der Waals surface area (Å²) in [7, 11) is -4.39. The van der Waals surface area contributed by atoms with Gasteiger partial charge in [0.05, 0.1) is 22.9 Å². The summed E-state index contributed by atoms with van der Waals surface area (Å²) in [4.78, 5) is 103. The van der Waals surface area contributed by atoms with Gasteiger partial charge in [0.1, 0.15) is 11.8 Å². The minimum absolute atomic E-state index is 0.109. The maximum atomic E-state index is 13.6. The lowest BCUT2D eigenvalue weighted by Gasteiger charge is -2.15. The summed E-state index contributed by atoms with van der Waals surface area (Å²) in [6.45, 7) is -0.0898. The van der Waals surface area contributed by atoms with Crippen LogP contribution in [0, 0.1) is 11.8 Å². The van der Waals surface area contributed by atoms with Gasteiger partial charge in [-0.05, 0) is 49.2 Å². The van der Waals surface area contributed by atoms with Crippen molar-refractivity contribution in [2.45, 2.75) is 35.5 Å². The van der Waals surface area contributed by atoms with E-state index >= 15 is 0 Å². The van der Waals surface area contributed by atoms with Gasteiger partial charge in [-0.2, -0.15) is 0 Å². The van der Waals surface area contributed by atoms with Gasteiger partial charge in [-0.3, -0.25) is 38.4 Å². The molecule has 6 rings (SSSR count). The van der Waals surface area contributed by atoms with E-state index in [1.807, 2.05) is 0 Å². The minimum Gasteiger partial charge on any atom is -0.335 e. The predicted molar refractivity (Wildman–Crippen MR) is 144 cm³/mol. The number of sulfone groups is 1. The molecule has 4 aliphatic rings. The number of carbonyl (C=O) groups is 8. The summed E-state index contributed by atoms with van der Waals surface area (Å²) in [5, 5.41) is 0. The van der Waals surface area contributed by atoms with Crippen LogP contribution in [0.1, 0.15) is 67.1 Å². The number of hydrogen-bond acceptors (Lipinski definition) is 10. The lowest BCUT2D eigenvalue weighted by atomic mass is 9.98. The number of Topliss-reactive ketones (excluding diaryl/α,β-unsaturated/α-hetero) is 6. The fourth-order valence-corrected chi connectivity index (χ4v) is 7.41. The number of likely N-dealkylation sites (tertiary alicyclic amines) is 2. The number of hydrogen-bond donors (Lipinski definition) is 0. The predicted octanol–water partition coefficient (Wildman–Crippen LogP) is 0.893. The molecule has 2 aromatic carbocycles. The van der Waals surface area contributed by atoms with Gasteiger partial charge in [0.2, 0.25) is 21.7 Å². The summed E-state index contributed by atoms with van der Waals surface area (Å²) in [6.07, 6.45) is 1.69. The number of ketones is 6. The third kappa shape index (κ3) is 4.54. The van der Waals surface area contributed by atoms with Crippen molar-refractivity contribution in [3.63, 3.8) is 0 Å². The fourth-order valence-electron chi connectivity index (χ4n) is 6.10. The van der Waals surface area contributed by atoms with E-state index < -0.39 is 56.4 Å². The van der Waals surface area contributed by atoms with Crippen molar-refractivity contribution in [3.05, 3.63) is 58.7 Å². The van der Waals surface area contributed by atoms with Crippen LogP contribution in [0.5, 0.6) is 0 Å². The molecule has 220 valence electrons. The van der Waals surface area contributed by atoms with Crippen LogP contribution in [0.3, 0.4) is 0 Å². The molecule has 0 radical (unpaired) electrons. The Hall–Kier alpha value is -4.65. The molecule has 2 aliphatic heterocycles. The van der Waals surface area contributed by atoms with Crippen molar-refractivity contribution >= 4 is 56.4 Å². The third-order valence-electron chi connectivity index (χ3n) is 8.39. The zero-order valence-corrected chi connectivity index (χ0v) is 23.5. The van der Waals surface area contributed by atoms with Gasteiger partial charge in [-0.1, -0.05) is 0 Å². The van der Waals surface area contributed by atoms with Crippen molar-refractivity contribution in [3.8, 4) is 0 Å². The van der Waals surface area contributed by atoms with Crippen LogP contribution in [0.25, 0.3) is 0 Å². The molecular weight excluding hydrogens is 580 g/mol. The van der Waals surface area contributed by atoms with Crippen molar-refractivity contribution < 1.29 is 46.8 Å². The van der Waals surface area contributed by atoms with Crippen LogP contribution in [-0.2, 0) is 29.0 Å². The SMILES string of the molecule is O=C(CN1CCCC1=O)C1C(=O)c2ccc(S(=O)(=O)c3ccc4c(c3)C(=O)C(C(=O)CN3CCCC3=O)C4=O)cc2C1=O. The van der Waals surface area contributed by atoms with E-state index in [0.717, 1.165) is 36.4 Å². The number of rotatable bonds is 8. The zero-order valence-electron chi connectivity index (χ0n) is 22.7. The molecular formula is C30H24N2O10S. The molecule has 2 saturated heterocycles. The Morgan fingerprint density at radius 3 is 1.33 bits per heavy atom. The molecule has 0 saturated carbocycles. The first kappa shape index (κ1) is 28.5. The second kappa shape index (κ2) is 10.3. The number of carbonyl (C=O) groups excluding carboxylic acids is 8. The van der Waals surface area contributed by atoms with Crippen LogP contribution in [0.2, 0.25) is 0 Å². The molecule has 0 aromatic heterocycles. The lowest BCUT2D eigenvalue weighted by molar-refractivity contribution is -0.132. The fraction of sp³-hybridized carbons (Fsp3) is 0.333. The molecule has 2 fully saturated rings. The first-order chi connectivity index (χ1) is 20.4. The molecule has 13 heteroatoms. The highest BCUT2D eigenvalue weighted by molar-refractivity contribution is 7.91.